The maximum Gasteiger partial charge on any atom is 0.126 e. The molecule has 66 valence electrons. The molecule has 0 bridgehead atoms. The molecule has 0 fully saturated rings. The van der Waals surface area contributed by atoms with Gasteiger partial charge in [0.05, 0.1) is 12.9 Å². The van der Waals surface area contributed by atoms with Crippen LogP contribution < -0.4 is 5.73 Å². The summed E-state index contributed by atoms with van der Waals surface area (Å²) in [6.45, 7) is 0.0164. The Hall–Kier alpha value is -1.06. The van der Waals surface area contributed by atoms with Crippen LogP contribution in [-0.4, -0.2) is 17.8 Å². The molecule has 0 aliphatic heterocycles. The fourth-order valence-electron chi connectivity index (χ4n) is 0.820. The molecule has 0 spiro atoms. The zero-order valence-corrected chi connectivity index (χ0v) is 6.81. The van der Waals surface area contributed by atoms with Gasteiger partial charge in [0.25, 0.3) is 0 Å². The normalized spacial score (nSPS) is 13.8. The van der Waals surface area contributed by atoms with Crippen LogP contribution in [0.3, 0.4) is 0 Å². The van der Waals surface area contributed by atoms with Gasteiger partial charge in [-0.25, -0.2) is 0 Å². The van der Waals surface area contributed by atoms with Crippen molar-refractivity contribution >= 4 is 6.08 Å². The molecule has 12 heavy (non-hydrogen) atoms. The quantitative estimate of drug-likeness (QED) is 0.703. The Balaban J connectivity index is 2.32. The van der Waals surface area contributed by atoms with Crippen molar-refractivity contribution in [1.29, 1.82) is 0 Å². The van der Waals surface area contributed by atoms with Gasteiger partial charge in [0.15, 0.2) is 0 Å². The summed E-state index contributed by atoms with van der Waals surface area (Å²) in [6.07, 6.45) is 6.01. The van der Waals surface area contributed by atoms with E-state index in [0.29, 0.717) is 6.42 Å². The van der Waals surface area contributed by atoms with Crippen molar-refractivity contribution in [3.63, 3.8) is 0 Å². The molecule has 3 heteroatoms. The zero-order valence-electron chi connectivity index (χ0n) is 6.81. The SMILES string of the molecule is NC(CO)C/C=C/c1ccco1. The summed E-state index contributed by atoms with van der Waals surface area (Å²) in [6, 6.07) is 3.52. The highest BCUT2D eigenvalue weighted by Gasteiger charge is 1.95. The third kappa shape index (κ3) is 2.90. The van der Waals surface area contributed by atoms with E-state index in [1.54, 1.807) is 6.26 Å². The molecule has 0 aliphatic rings. The highest BCUT2D eigenvalue weighted by atomic mass is 16.3. The van der Waals surface area contributed by atoms with Crippen LogP contribution in [-0.2, 0) is 0 Å². The number of rotatable bonds is 4. The molecule has 0 aromatic carbocycles. The standard InChI is InChI=1S/C9H13NO2/c10-8(7-11)3-1-4-9-5-2-6-12-9/h1-2,4-6,8,11H,3,7,10H2/b4-1+. The summed E-state index contributed by atoms with van der Waals surface area (Å²) >= 11 is 0. The van der Waals surface area contributed by atoms with E-state index in [0.717, 1.165) is 5.76 Å². The Morgan fingerprint density at radius 3 is 3.08 bits per heavy atom. The van der Waals surface area contributed by atoms with Gasteiger partial charge in [0.1, 0.15) is 5.76 Å². The van der Waals surface area contributed by atoms with Crippen molar-refractivity contribution in [2.24, 2.45) is 5.73 Å². The molecule has 3 nitrogen and oxygen atoms in total. The molecule has 0 aliphatic carbocycles. The monoisotopic (exact) mass is 167 g/mol. The summed E-state index contributed by atoms with van der Waals surface area (Å²) in [5.41, 5.74) is 5.48. The third-order valence-corrected chi connectivity index (χ3v) is 1.50. The highest BCUT2D eigenvalue weighted by molar-refractivity contribution is 5.41. The van der Waals surface area contributed by atoms with Crippen molar-refractivity contribution in [3.8, 4) is 0 Å². The second-order valence-electron chi connectivity index (χ2n) is 2.60. The summed E-state index contributed by atoms with van der Waals surface area (Å²) in [7, 11) is 0. The average Bonchev–Trinajstić information content (AvgIpc) is 2.57. The predicted molar refractivity (Wildman–Crippen MR) is 47.4 cm³/mol. The molecule has 1 rings (SSSR count). The smallest absolute Gasteiger partial charge is 0.126 e. The molecular formula is C9H13NO2. The number of hydrogen-bond donors (Lipinski definition) is 2. The molecule has 1 aromatic heterocycles. The van der Waals surface area contributed by atoms with Crippen LogP contribution in [0, 0.1) is 0 Å². The van der Waals surface area contributed by atoms with Gasteiger partial charge in [-0.2, -0.15) is 0 Å². The van der Waals surface area contributed by atoms with Gasteiger partial charge < -0.3 is 15.3 Å². The first-order valence-corrected chi connectivity index (χ1v) is 3.89. The van der Waals surface area contributed by atoms with Crippen molar-refractivity contribution in [3.05, 3.63) is 30.2 Å². The first kappa shape index (κ1) is 9.03. The van der Waals surface area contributed by atoms with Crippen LogP contribution in [0.5, 0.6) is 0 Å². The Kier molecular flexibility index (Phi) is 3.57. The highest BCUT2D eigenvalue weighted by Crippen LogP contribution is 2.03. The van der Waals surface area contributed by atoms with E-state index in [4.69, 9.17) is 15.3 Å². The van der Waals surface area contributed by atoms with E-state index in [1.807, 2.05) is 24.3 Å². The van der Waals surface area contributed by atoms with E-state index in [2.05, 4.69) is 0 Å². The summed E-state index contributed by atoms with van der Waals surface area (Å²) in [5, 5.41) is 8.61. The number of hydrogen-bond acceptors (Lipinski definition) is 3. The lowest BCUT2D eigenvalue weighted by atomic mass is 10.2. The number of aliphatic hydroxyl groups is 1. The Morgan fingerprint density at radius 1 is 1.67 bits per heavy atom. The minimum absolute atomic E-state index is 0.0164. The second-order valence-corrected chi connectivity index (χ2v) is 2.60. The lowest BCUT2D eigenvalue weighted by Crippen LogP contribution is -2.22. The van der Waals surface area contributed by atoms with Crippen LogP contribution in [0.4, 0.5) is 0 Å². The third-order valence-electron chi connectivity index (χ3n) is 1.50. The summed E-state index contributed by atoms with van der Waals surface area (Å²) in [4.78, 5) is 0. The van der Waals surface area contributed by atoms with E-state index < -0.39 is 0 Å². The minimum atomic E-state index is -0.170. The number of nitrogens with two attached hydrogens (primary N) is 1. The van der Waals surface area contributed by atoms with Crippen molar-refractivity contribution < 1.29 is 9.52 Å². The maximum atomic E-state index is 8.61. The van der Waals surface area contributed by atoms with Crippen molar-refractivity contribution in [2.45, 2.75) is 12.5 Å². The molecule has 1 heterocycles. The predicted octanol–water partition coefficient (Wildman–Crippen LogP) is 1.00. The molecule has 0 saturated heterocycles. The van der Waals surface area contributed by atoms with Crippen molar-refractivity contribution in [2.75, 3.05) is 6.61 Å². The molecule has 3 N–H and O–H groups in total. The van der Waals surface area contributed by atoms with Gasteiger partial charge in [-0.15, -0.1) is 0 Å². The zero-order chi connectivity index (χ0) is 8.81. The molecular weight excluding hydrogens is 154 g/mol. The van der Waals surface area contributed by atoms with E-state index in [-0.39, 0.29) is 12.6 Å². The number of furan rings is 1. The first-order valence-electron chi connectivity index (χ1n) is 3.89. The van der Waals surface area contributed by atoms with Gasteiger partial charge in [0, 0.05) is 6.04 Å². The van der Waals surface area contributed by atoms with E-state index in [9.17, 15) is 0 Å². The van der Waals surface area contributed by atoms with Gasteiger partial charge in [-0.1, -0.05) is 6.08 Å². The van der Waals surface area contributed by atoms with Gasteiger partial charge in [0.2, 0.25) is 0 Å². The Morgan fingerprint density at radius 2 is 2.50 bits per heavy atom. The Labute approximate surface area is 71.5 Å². The Bertz CT molecular complexity index is 229. The van der Waals surface area contributed by atoms with Crippen molar-refractivity contribution in [1.82, 2.24) is 0 Å². The molecule has 1 aromatic rings. The van der Waals surface area contributed by atoms with Crippen LogP contribution in [0.25, 0.3) is 6.08 Å². The molecule has 1 atom stereocenters. The fraction of sp³-hybridized carbons (Fsp3) is 0.333. The van der Waals surface area contributed by atoms with Crippen LogP contribution in [0.15, 0.2) is 28.9 Å². The summed E-state index contributed by atoms with van der Waals surface area (Å²) in [5.74, 6) is 0.806. The molecule has 0 radical (unpaired) electrons. The van der Waals surface area contributed by atoms with Crippen LogP contribution in [0.1, 0.15) is 12.2 Å². The van der Waals surface area contributed by atoms with Gasteiger partial charge in [-0.3, -0.25) is 0 Å². The number of aliphatic hydroxyl groups excluding tert-OH is 1. The molecule has 1 unspecified atom stereocenters. The lowest BCUT2D eigenvalue weighted by molar-refractivity contribution is 0.267. The molecule has 0 saturated carbocycles. The summed E-state index contributed by atoms with van der Waals surface area (Å²) < 4.78 is 5.06. The fourth-order valence-corrected chi connectivity index (χ4v) is 0.820. The van der Waals surface area contributed by atoms with Gasteiger partial charge in [-0.05, 0) is 24.6 Å². The van der Waals surface area contributed by atoms with Crippen LogP contribution >= 0.6 is 0 Å². The lowest BCUT2D eigenvalue weighted by Gasteiger charge is -2.01. The minimum Gasteiger partial charge on any atom is -0.465 e. The second kappa shape index (κ2) is 4.74. The average molecular weight is 167 g/mol. The first-order chi connectivity index (χ1) is 5.83. The van der Waals surface area contributed by atoms with Gasteiger partial charge >= 0.3 is 0 Å². The molecule has 0 amide bonds. The largest absolute Gasteiger partial charge is 0.465 e. The topological polar surface area (TPSA) is 59.4 Å². The van der Waals surface area contributed by atoms with E-state index >= 15 is 0 Å². The van der Waals surface area contributed by atoms with Crippen LogP contribution in [0.2, 0.25) is 0 Å². The van der Waals surface area contributed by atoms with E-state index in [1.165, 1.54) is 0 Å². The maximum absolute atomic E-state index is 8.61.